The molecule has 3 amide bonds. The Hall–Kier alpha value is -1.87. The standard InChI is InChI=1S/C32H63N3O10/c1-5-8-27(4)11-15-40-19-23-44-25-26-45-24-20-41-16-12-30(37)34-29(10-7-3)32(39)35-28(9-6-2)31(38)33-13-17-42-21-22-43-18-14-36/h27-29,36H,5-26H2,1-4H3,(H,33,38)(H,34,37)(H,35,39). The molecule has 0 aromatic carbocycles. The van der Waals surface area contributed by atoms with Crippen molar-refractivity contribution < 1.29 is 47.9 Å². The van der Waals surface area contributed by atoms with E-state index in [1.165, 1.54) is 12.8 Å². The molecule has 0 bridgehead atoms. The maximum atomic E-state index is 13.0. The number of aliphatic hydroxyl groups is 1. The van der Waals surface area contributed by atoms with E-state index >= 15 is 0 Å². The molecule has 0 aromatic heterocycles. The number of carbonyl (C=O) groups excluding carboxylic acids is 3. The lowest BCUT2D eigenvalue weighted by atomic mass is 10.0. The molecule has 0 aliphatic carbocycles. The van der Waals surface area contributed by atoms with E-state index in [1.807, 2.05) is 13.8 Å². The zero-order valence-electron chi connectivity index (χ0n) is 28.4. The molecule has 13 nitrogen and oxygen atoms in total. The predicted molar refractivity (Wildman–Crippen MR) is 172 cm³/mol. The van der Waals surface area contributed by atoms with Gasteiger partial charge in [-0.2, -0.15) is 0 Å². The highest BCUT2D eigenvalue weighted by Crippen LogP contribution is 2.09. The summed E-state index contributed by atoms with van der Waals surface area (Å²) in [5.41, 5.74) is 0. The van der Waals surface area contributed by atoms with Crippen LogP contribution < -0.4 is 16.0 Å². The lowest BCUT2D eigenvalue weighted by Crippen LogP contribution is -2.54. The van der Waals surface area contributed by atoms with E-state index in [2.05, 4.69) is 29.8 Å². The van der Waals surface area contributed by atoms with Crippen LogP contribution in [0, 0.1) is 5.92 Å². The van der Waals surface area contributed by atoms with E-state index < -0.39 is 12.1 Å². The van der Waals surface area contributed by atoms with Crippen molar-refractivity contribution in [2.75, 3.05) is 92.4 Å². The minimum Gasteiger partial charge on any atom is -0.394 e. The van der Waals surface area contributed by atoms with Crippen LogP contribution in [0.2, 0.25) is 0 Å². The molecule has 0 saturated carbocycles. The molecule has 13 heteroatoms. The molecule has 266 valence electrons. The summed E-state index contributed by atoms with van der Waals surface area (Å²) in [5.74, 6) is -0.285. The maximum absolute atomic E-state index is 13.0. The first-order valence-corrected chi connectivity index (χ1v) is 16.8. The molecule has 0 heterocycles. The third-order valence-corrected chi connectivity index (χ3v) is 6.72. The van der Waals surface area contributed by atoms with Crippen molar-refractivity contribution in [1.82, 2.24) is 16.0 Å². The lowest BCUT2D eigenvalue weighted by molar-refractivity contribution is -0.132. The molecule has 4 N–H and O–H groups in total. The van der Waals surface area contributed by atoms with Crippen molar-refractivity contribution in [3.63, 3.8) is 0 Å². The second-order valence-electron chi connectivity index (χ2n) is 10.9. The van der Waals surface area contributed by atoms with E-state index in [-0.39, 0.29) is 50.5 Å². The quantitative estimate of drug-likeness (QED) is 0.0774. The third kappa shape index (κ3) is 27.0. The fraction of sp³-hybridized carbons (Fsp3) is 0.906. The van der Waals surface area contributed by atoms with Crippen molar-refractivity contribution >= 4 is 17.7 Å². The van der Waals surface area contributed by atoms with Gasteiger partial charge in [0.15, 0.2) is 0 Å². The molecule has 0 rings (SSSR count). The van der Waals surface area contributed by atoms with Crippen molar-refractivity contribution in [2.24, 2.45) is 5.92 Å². The normalized spacial score (nSPS) is 13.3. The highest BCUT2D eigenvalue weighted by molar-refractivity contribution is 5.92. The van der Waals surface area contributed by atoms with Gasteiger partial charge in [-0.25, -0.2) is 0 Å². The van der Waals surface area contributed by atoms with Crippen molar-refractivity contribution in [3.05, 3.63) is 0 Å². The maximum Gasteiger partial charge on any atom is 0.243 e. The molecule has 45 heavy (non-hydrogen) atoms. The van der Waals surface area contributed by atoms with Crippen molar-refractivity contribution in [1.29, 1.82) is 0 Å². The van der Waals surface area contributed by atoms with E-state index in [1.54, 1.807) is 0 Å². The number of aliphatic hydroxyl groups excluding tert-OH is 1. The van der Waals surface area contributed by atoms with Crippen LogP contribution in [0.1, 0.15) is 79.1 Å². The zero-order chi connectivity index (χ0) is 33.4. The topological polar surface area (TPSA) is 163 Å². The second-order valence-corrected chi connectivity index (χ2v) is 10.9. The summed E-state index contributed by atoms with van der Waals surface area (Å²) in [6.07, 6.45) is 5.93. The molecule has 0 saturated heterocycles. The first-order valence-electron chi connectivity index (χ1n) is 16.8. The molecule has 3 unspecified atom stereocenters. The van der Waals surface area contributed by atoms with Gasteiger partial charge in [0.1, 0.15) is 12.1 Å². The Kier molecular flexibility index (Phi) is 30.8. The van der Waals surface area contributed by atoms with E-state index in [9.17, 15) is 14.4 Å². The summed E-state index contributed by atoms with van der Waals surface area (Å²) in [4.78, 5) is 38.1. The fourth-order valence-corrected chi connectivity index (χ4v) is 4.26. The molecule has 0 fully saturated rings. The predicted octanol–water partition coefficient (Wildman–Crippen LogP) is 1.98. The van der Waals surface area contributed by atoms with E-state index in [0.717, 1.165) is 13.0 Å². The first kappa shape index (κ1) is 43.1. The average Bonchev–Trinajstić information content (AvgIpc) is 3.02. The Labute approximate surface area is 271 Å². The highest BCUT2D eigenvalue weighted by atomic mass is 16.6. The van der Waals surface area contributed by atoms with Crippen LogP contribution in [-0.2, 0) is 42.8 Å². The summed E-state index contributed by atoms with van der Waals surface area (Å²) < 4.78 is 32.6. The smallest absolute Gasteiger partial charge is 0.243 e. The molecule has 0 aliphatic heterocycles. The van der Waals surface area contributed by atoms with Gasteiger partial charge in [0, 0.05) is 19.6 Å². The van der Waals surface area contributed by atoms with Gasteiger partial charge in [-0.1, -0.05) is 53.4 Å². The third-order valence-electron chi connectivity index (χ3n) is 6.72. The molecule has 0 radical (unpaired) electrons. The van der Waals surface area contributed by atoms with Gasteiger partial charge in [-0.3, -0.25) is 14.4 Å². The van der Waals surface area contributed by atoms with Gasteiger partial charge in [-0.15, -0.1) is 0 Å². The molecule has 0 spiro atoms. The van der Waals surface area contributed by atoms with Crippen LogP contribution in [0.4, 0.5) is 0 Å². The Morgan fingerprint density at radius 2 is 1.02 bits per heavy atom. The number of amides is 3. The zero-order valence-corrected chi connectivity index (χ0v) is 28.4. The Balaban J connectivity index is 4.09. The van der Waals surface area contributed by atoms with Crippen LogP contribution in [0.5, 0.6) is 0 Å². The van der Waals surface area contributed by atoms with Gasteiger partial charge >= 0.3 is 0 Å². The van der Waals surface area contributed by atoms with Crippen LogP contribution in [0.15, 0.2) is 0 Å². The van der Waals surface area contributed by atoms with Gasteiger partial charge in [0.25, 0.3) is 0 Å². The highest BCUT2D eigenvalue weighted by Gasteiger charge is 2.25. The lowest BCUT2D eigenvalue weighted by Gasteiger charge is -2.23. The largest absolute Gasteiger partial charge is 0.394 e. The summed E-state index contributed by atoms with van der Waals surface area (Å²) in [5, 5.41) is 17.0. The summed E-state index contributed by atoms with van der Waals surface area (Å²) in [7, 11) is 0. The number of carbonyl (C=O) groups is 3. The minimum absolute atomic E-state index is 0.0406. The summed E-state index contributed by atoms with van der Waals surface area (Å²) in [6, 6.07) is -1.45. The molecule has 0 aliphatic rings. The summed E-state index contributed by atoms with van der Waals surface area (Å²) >= 11 is 0. The van der Waals surface area contributed by atoms with Crippen molar-refractivity contribution in [2.45, 2.75) is 91.1 Å². The molecular weight excluding hydrogens is 586 g/mol. The number of hydrogen-bond donors (Lipinski definition) is 4. The molecule has 3 atom stereocenters. The Morgan fingerprint density at radius 3 is 1.56 bits per heavy atom. The van der Waals surface area contributed by atoms with Gasteiger partial charge in [0.05, 0.1) is 79.3 Å². The van der Waals surface area contributed by atoms with Crippen LogP contribution >= 0.6 is 0 Å². The Bertz CT molecular complexity index is 717. The van der Waals surface area contributed by atoms with Crippen LogP contribution in [0.25, 0.3) is 0 Å². The van der Waals surface area contributed by atoms with E-state index in [0.29, 0.717) is 91.1 Å². The number of ether oxygens (including phenoxy) is 6. The van der Waals surface area contributed by atoms with Gasteiger partial charge in [0.2, 0.25) is 17.7 Å². The number of rotatable bonds is 33. The first-order chi connectivity index (χ1) is 21.9. The van der Waals surface area contributed by atoms with Crippen LogP contribution in [-0.4, -0.2) is 127 Å². The fourth-order valence-electron chi connectivity index (χ4n) is 4.26. The molecule has 0 aromatic rings. The SMILES string of the molecule is CCCC(C)CCOCCOCCOCCOCCC(=O)NC(CCC)C(=O)NC(CCC)C(=O)NCCOCCOCCO. The monoisotopic (exact) mass is 649 g/mol. The van der Waals surface area contributed by atoms with Crippen molar-refractivity contribution in [3.8, 4) is 0 Å². The van der Waals surface area contributed by atoms with Crippen LogP contribution in [0.3, 0.4) is 0 Å². The molecular formula is C32H63N3O10. The van der Waals surface area contributed by atoms with Gasteiger partial charge in [-0.05, 0) is 25.2 Å². The average molecular weight is 650 g/mol. The second kappa shape index (κ2) is 32.1. The number of nitrogens with one attached hydrogen (secondary N) is 3. The number of hydrogen-bond acceptors (Lipinski definition) is 10. The van der Waals surface area contributed by atoms with E-state index in [4.69, 9.17) is 33.5 Å². The Morgan fingerprint density at radius 1 is 0.556 bits per heavy atom. The minimum atomic E-state index is -0.740. The van der Waals surface area contributed by atoms with Gasteiger partial charge < -0.3 is 49.5 Å². The summed E-state index contributed by atoms with van der Waals surface area (Å²) in [6.45, 7) is 13.6.